The second-order valence-electron chi connectivity index (χ2n) is 2.71. The largest absolute Gasteiger partial charge is 0.550 e. The lowest BCUT2D eigenvalue weighted by molar-refractivity contribution is -0.305. The lowest BCUT2D eigenvalue weighted by Gasteiger charge is -2.03. The van der Waals surface area contributed by atoms with Crippen molar-refractivity contribution in [3.63, 3.8) is 0 Å². The average molecular weight is 212 g/mol. The Kier molecular flexibility index (Phi) is 4.12. The standard InChI is InChI=1S/C9H11NO3S/c11-8(12)4-1-5-10-9(13)7-3-2-6-14-7/h2-3,6H,1,4-5H2,(H,10,13)(H,11,12)/p-1. The molecule has 1 aromatic rings. The number of carboxylic acid groups (broad SMARTS) is 1. The van der Waals surface area contributed by atoms with Gasteiger partial charge in [-0.1, -0.05) is 6.07 Å². The highest BCUT2D eigenvalue weighted by Gasteiger charge is 2.04. The first-order valence-electron chi connectivity index (χ1n) is 4.21. The number of thiophene rings is 1. The highest BCUT2D eigenvalue weighted by Crippen LogP contribution is 2.07. The summed E-state index contributed by atoms with van der Waals surface area (Å²) in [5, 5.41) is 14.5. The molecule has 0 atom stereocenters. The first kappa shape index (κ1) is 10.7. The zero-order valence-corrected chi connectivity index (χ0v) is 8.30. The van der Waals surface area contributed by atoms with Crippen LogP contribution in [-0.4, -0.2) is 18.4 Å². The summed E-state index contributed by atoms with van der Waals surface area (Å²) in [6.45, 7) is 0.366. The van der Waals surface area contributed by atoms with Crippen LogP contribution in [0.5, 0.6) is 0 Å². The first-order chi connectivity index (χ1) is 6.70. The molecule has 0 saturated carbocycles. The summed E-state index contributed by atoms with van der Waals surface area (Å²) in [5.74, 6) is -1.24. The Labute approximate surface area is 85.6 Å². The SMILES string of the molecule is O=C([O-])CCCNC(=O)c1cccs1. The van der Waals surface area contributed by atoms with Crippen LogP contribution in [0, 0.1) is 0 Å². The van der Waals surface area contributed by atoms with Crippen molar-refractivity contribution in [2.24, 2.45) is 0 Å². The molecule has 4 nitrogen and oxygen atoms in total. The van der Waals surface area contributed by atoms with E-state index in [1.165, 1.54) is 11.3 Å². The summed E-state index contributed by atoms with van der Waals surface area (Å²) in [5.41, 5.74) is 0. The quantitative estimate of drug-likeness (QED) is 0.699. The molecule has 0 aliphatic carbocycles. The summed E-state index contributed by atoms with van der Waals surface area (Å²) < 4.78 is 0. The zero-order valence-electron chi connectivity index (χ0n) is 7.49. The molecule has 1 rings (SSSR count). The summed E-state index contributed by atoms with van der Waals surface area (Å²) in [6, 6.07) is 3.51. The van der Waals surface area contributed by atoms with Gasteiger partial charge in [0.15, 0.2) is 0 Å². The van der Waals surface area contributed by atoms with Crippen molar-refractivity contribution in [3.05, 3.63) is 22.4 Å². The number of hydrogen-bond acceptors (Lipinski definition) is 4. The molecule has 1 aromatic heterocycles. The third-order valence-electron chi connectivity index (χ3n) is 1.59. The molecule has 0 fully saturated rings. The predicted molar refractivity (Wildman–Crippen MR) is 50.9 cm³/mol. The second kappa shape index (κ2) is 5.39. The van der Waals surface area contributed by atoms with Gasteiger partial charge in [0.2, 0.25) is 0 Å². The number of aliphatic carboxylic acids is 1. The van der Waals surface area contributed by atoms with E-state index in [0.29, 0.717) is 17.8 Å². The Bertz CT molecular complexity index is 308. The number of carbonyl (C=O) groups excluding carboxylic acids is 2. The molecule has 0 saturated heterocycles. The van der Waals surface area contributed by atoms with E-state index in [0.717, 1.165) is 0 Å². The fraction of sp³-hybridized carbons (Fsp3) is 0.333. The number of amides is 1. The third-order valence-corrected chi connectivity index (χ3v) is 2.46. The predicted octanol–water partition coefficient (Wildman–Crippen LogP) is 0.00800. The van der Waals surface area contributed by atoms with Gasteiger partial charge in [-0.3, -0.25) is 4.79 Å². The average Bonchev–Trinajstić information content (AvgIpc) is 2.64. The molecule has 5 heteroatoms. The van der Waals surface area contributed by atoms with Crippen molar-refractivity contribution in [1.82, 2.24) is 5.32 Å². The molecular weight excluding hydrogens is 202 g/mol. The molecular formula is C9H10NO3S-. The topological polar surface area (TPSA) is 69.2 Å². The monoisotopic (exact) mass is 212 g/mol. The Morgan fingerprint density at radius 3 is 2.86 bits per heavy atom. The van der Waals surface area contributed by atoms with Crippen LogP contribution in [0.1, 0.15) is 22.5 Å². The van der Waals surface area contributed by atoms with Crippen LogP contribution in [0.25, 0.3) is 0 Å². The lowest BCUT2D eigenvalue weighted by Crippen LogP contribution is -2.27. The molecule has 0 bridgehead atoms. The second-order valence-corrected chi connectivity index (χ2v) is 3.66. The summed E-state index contributed by atoms with van der Waals surface area (Å²) in [7, 11) is 0. The number of rotatable bonds is 5. The van der Waals surface area contributed by atoms with Crippen molar-refractivity contribution < 1.29 is 14.7 Å². The maximum atomic E-state index is 11.3. The van der Waals surface area contributed by atoms with E-state index in [-0.39, 0.29) is 12.3 Å². The van der Waals surface area contributed by atoms with Crippen LogP contribution in [0.15, 0.2) is 17.5 Å². The lowest BCUT2D eigenvalue weighted by atomic mass is 10.3. The minimum absolute atomic E-state index is 0.0231. The Balaban J connectivity index is 2.19. The van der Waals surface area contributed by atoms with E-state index in [9.17, 15) is 14.7 Å². The molecule has 0 aromatic carbocycles. The van der Waals surface area contributed by atoms with E-state index in [4.69, 9.17) is 0 Å². The normalized spacial score (nSPS) is 9.71. The Morgan fingerprint density at radius 1 is 1.50 bits per heavy atom. The van der Waals surface area contributed by atoms with Gasteiger partial charge in [-0.2, -0.15) is 0 Å². The molecule has 0 unspecified atom stereocenters. The van der Waals surface area contributed by atoms with Crippen molar-refractivity contribution >= 4 is 23.2 Å². The fourth-order valence-corrected chi connectivity index (χ4v) is 1.57. The highest BCUT2D eigenvalue weighted by atomic mass is 32.1. The molecule has 0 aliphatic heterocycles. The first-order valence-corrected chi connectivity index (χ1v) is 5.09. The molecule has 76 valence electrons. The van der Waals surface area contributed by atoms with Gasteiger partial charge in [0, 0.05) is 12.5 Å². The zero-order chi connectivity index (χ0) is 10.4. The van der Waals surface area contributed by atoms with Crippen LogP contribution in [0.4, 0.5) is 0 Å². The van der Waals surface area contributed by atoms with E-state index in [2.05, 4.69) is 5.32 Å². The Hall–Kier alpha value is -1.36. The summed E-state index contributed by atoms with van der Waals surface area (Å²) in [4.78, 5) is 22.0. The van der Waals surface area contributed by atoms with Crippen LogP contribution < -0.4 is 10.4 Å². The number of carbonyl (C=O) groups is 2. The minimum atomic E-state index is -1.09. The van der Waals surface area contributed by atoms with Gasteiger partial charge in [0.1, 0.15) is 0 Å². The van der Waals surface area contributed by atoms with Crippen LogP contribution >= 0.6 is 11.3 Å². The maximum Gasteiger partial charge on any atom is 0.261 e. The van der Waals surface area contributed by atoms with Gasteiger partial charge in [-0.25, -0.2) is 0 Å². The van der Waals surface area contributed by atoms with Crippen molar-refractivity contribution in [2.75, 3.05) is 6.54 Å². The number of hydrogen-bond donors (Lipinski definition) is 1. The minimum Gasteiger partial charge on any atom is -0.550 e. The van der Waals surface area contributed by atoms with Crippen LogP contribution in [0.3, 0.4) is 0 Å². The fourth-order valence-electron chi connectivity index (χ4n) is 0.930. The maximum absolute atomic E-state index is 11.3. The van der Waals surface area contributed by atoms with Gasteiger partial charge in [-0.15, -0.1) is 11.3 Å². The van der Waals surface area contributed by atoms with Crippen molar-refractivity contribution in [2.45, 2.75) is 12.8 Å². The van der Waals surface area contributed by atoms with Crippen LogP contribution in [0.2, 0.25) is 0 Å². The van der Waals surface area contributed by atoms with Gasteiger partial charge in [0.25, 0.3) is 5.91 Å². The van der Waals surface area contributed by atoms with E-state index < -0.39 is 5.97 Å². The number of carboxylic acids is 1. The van der Waals surface area contributed by atoms with Crippen LogP contribution in [-0.2, 0) is 4.79 Å². The van der Waals surface area contributed by atoms with E-state index in [1.54, 1.807) is 12.1 Å². The highest BCUT2D eigenvalue weighted by molar-refractivity contribution is 7.12. The Morgan fingerprint density at radius 2 is 2.29 bits per heavy atom. The van der Waals surface area contributed by atoms with Gasteiger partial charge in [-0.05, 0) is 24.3 Å². The molecule has 1 N–H and O–H groups in total. The molecule has 0 aliphatic rings. The van der Waals surface area contributed by atoms with Gasteiger partial charge in [0.05, 0.1) is 4.88 Å². The van der Waals surface area contributed by atoms with E-state index in [1.807, 2.05) is 5.38 Å². The van der Waals surface area contributed by atoms with Crippen molar-refractivity contribution in [3.8, 4) is 0 Å². The van der Waals surface area contributed by atoms with Crippen molar-refractivity contribution in [1.29, 1.82) is 0 Å². The molecule has 0 spiro atoms. The van der Waals surface area contributed by atoms with Gasteiger partial charge >= 0.3 is 0 Å². The molecule has 1 amide bonds. The summed E-state index contributed by atoms with van der Waals surface area (Å²) >= 11 is 1.35. The smallest absolute Gasteiger partial charge is 0.261 e. The molecule has 0 radical (unpaired) electrons. The van der Waals surface area contributed by atoms with E-state index >= 15 is 0 Å². The van der Waals surface area contributed by atoms with Gasteiger partial charge < -0.3 is 15.2 Å². The molecule has 14 heavy (non-hydrogen) atoms. The summed E-state index contributed by atoms with van der Waals surface area (Å²) in [6.07, 6.45) is 0.379. The third kappa shape index (κ3) is 3.57. The number of nitrogens with one attached hydrogen (secondary N) is 1. The molecule has 1 heterocycles.